The van der Waals surface area contributed by atoms with E-state index in [1.165, 1.54) is 6.07 Å². The Bertz CT molecular complexity index is 794. The summed E-state index contributed by atoms with van der Waals surface area (Å²) in [7, 11) is 1.74. The maximum atomic E-state index is 14.2. The van der Waals surface area contributed by atoms with Gasteiger partial charge in [-0.2, -0.15) is 5.10 Å². The molecule has 2 aromatic heterocycles. The molecule has 0 aliphatic carbocycles. The van der Waals surface area contributed by atoms with Crippen LogP contribution in [0.4, 0.5) is 10.2 Å². The third-order valence-corrected chi connectivity index (χ3v) is 3.39. The Morgan fingerprint density at radius 1 is 1.19 bits per heavy atom. The number of nitrogens with two attached hydrogens (primary N) is 1. The second kappa shape index (κ2) is 5.01. The Balaban J connectivity index is 2.29. The third-order valence-electron chi connectivity index (χ3n) is 3.39. The van der Waals surface area contributed by atoms with Gasteiger partial charge in [-0.05, 0) is 31.2 Å². The van der Waals surface area contributed by atoms with Gasteiger partial charge in [0.1, 0.15) is 17.3 Å². The van der Waals surface area contributed by atoms with Gasteiger partial charge in [0.2, 0.25) is 0 Å². The number of halogens is 1. The lowest BCUT2D eigenvalue weighted by Crippen LogP contribution is -1.98. The zero-order chi connectivity index (χ0) is 15.0. The molecule has 0 fully saturated rings. The summed E-state index contributed by atoms with van der Waals surface area (Å²) < 4.78 is 15.7. The molecule has 2 heterocycles. The first-order valence-electron chi connectivity index (χ1n) is 6.58. The molecule has 0 amide bonds. The lowest BCUT2D eigenvalue weighted by Gasteiger charge is -2.05. The van der Waals surface area contributed by atoms with Crippen molar-refractivity contribution in [2.24, 2.45) is 7.05 Å². The standard InChI is InChI=1S/C16H15FN4/c1-10-6-7-12(17)11(9-10)15-14(16(18)21(2)20-15)13-5-3-4-8-19-13/h3-9H,18H2,1-2H3. The van der Waals surface area contributed by atoms with Crippen LogP contribution in [0.25, 0.3) is 22.5 Å². The molecule has 0 aliphatic heterocycles. The molecule has 106 valence electrons. The number of anilines is 1. The molecule has 5 heteroatoms. The average Bonchev–Trinajstić information content (AvgIpc) is 2.78. The van der Waals surface area contributed by atoms with E-state index in [4.69, 9.17) is 5.73 Å². The lowest BCUT2D eigenvalue weighted by molar-refractivity contribution is 0.629. The first kappa shape index (κ1) is 13.3. The van der Waals surface area contributed by atoms with Gasteiger partial charge in [-0.15, -0.1) is 0 Å². The Kier molecular flexibility index (Phi) is 3.17. The normalized spacial score (nSPS) is 10.8. The van der Waals surface area contributed by atoms with Crippen LogP contribution in [-0.4, -0.2) is 14.8 Å². The highest BCUT2D eigenvalue weighted by Gasteiger charge is 2.20. The first-order chi connectivity index (χ1) is 10.1. The van der Waals surface area contributed by atoms with Crippen LogP contribution >= 0.6 is 0 Å². The number of nitrogens with zero attached hydrogens (tertiary/aromatic N) is 3. The quantitative estimate of drug-likeness (QED) is 0.785. The lowest BCUT2D eigenvalue weighted by atomic mass is 10.0. The van der Waals surface area contributed by atoms with E-state index in [1.807, 2.05) is 25.1 Å². The number of rotatable bonds is 2. The molecule has 3 aromatic rings. The molecule has 21 heavy (non-hydrogen) atoms. The first-order valence-corrected chi connectivity index (χ1v) is 6.58. The van der Waals surface area contributed by atoms with Crippen molar-refractivity contribution in [2.75, 3.05) is 5.73 Å². The molecule has 4 nitrogen and oxygen atoms in total. The highest BCUT2D eigenvalue weighted by atomic mass is 19.1. The molecular formula is C16H15FN4. The van der Waals surface area contributed by atoms with E-state index in [0.29, 0.717) is 28.3 Å². The summed E-state index contributed by atoms with van der Waals surface area (Å²) >= 11 is 0. The van der Waals surface area contributed by atoms with Gasteiger partial charge in [0, 0.05) is 18.8 Å². The summed E-state index contributed by atoms with van der Waals surface area (Å²) in [4.78, 5) is 4.31. The van der Waals surface area contributed by atoms with Gasteiger partial charge >= 0.3 is 0 Å². The average molecular weight is 282 g/mol. The van der Waals surface area contributed by atoms with Crippen LogP contribution in [0.15, 0.2) is 42.6 Å². The minimum atomic E-state index is -0.323. The SMILES string of the molecule is Cc1ccc(F)c(-c2nn(C)c(N)c2-c2ccccn2)c1. The fourth-order valence-electron chi connectivity index (χ4n) is 2.31. The van der Waals surface area contributed by atoms with E-state index in [9.17, 15) is 4.39 Å². The zero-order valence-electron chi connectivity index (χ0n) is 11.8. The Labute approximate surface area is 122 Å². The van der Waals surface area contributed by atoms with Gasteiger partial charge in [0.15, 0.2) is 0 Å². The van der Waals surface area contributed by atoms with E-state index in [-0.39, 0.29) is 5.82 Å². The second-order valence-electron chi connectivity index (χ2n) is 4.93. The number of nitrogen functional groups attached to an aromatic ring is 1. The number of pyridine rings is 1. The van der Waals surface area contributed by atoms with E-state index in [0.717, 1.165) is 5.56 Å². The largest absolute Gasteiger partial charge is 0.383 e. The third kappa shape index (κ3) is 2.27. The van der Waals surface area contributed by atoms with Gasteiger partial charge in [0.05, 0.1) is 11.3 Å². The fourth-order valence-corrected chi connectivity index (χ4v) is 2.31. The molecule has 0 aliphatic rings. The summed E-state index contributed by atoms with van der Waals surface area (Å²) in [6.45, 7) is 1.91. The number of hydrogen-bond donors (Lipinski definition) is 1. The van der Waals surface area contributed by atoms with Gasteiger partial charge in [-0.25, -0.2) is 4.39 Å². The molecule has 0 unspecified atom stereocenters. The highest BCUT2D eigenvalue weighted by molar-refractivity contribution is 5.86. The summed E-state index contributed by atoms with van der Waals surface area (Å²) in [5, 5.41) is 4.37. The van der Waals surface area contributed by atoms with Crippen LogP contribution < -0.4 is 5.73 Å². The Morgan fingerprint density at radius 2 is 2.00 bits per heavy atom. The second-order valence-corrected chi connectivity index (χ2v) is 4.93. The Morgan fingerprint density at radius 3 is 2.71 bits per heavy atom. The number of benzene rings is 1. The summed E-state index contributed by atoms with van der Waals surface area (Å²) in [6.07, 6.45) is 1.68. The summed E-state index contributed by atoms with van der Waals surface area (Å²) in [6, 6.07) is 10.5. The van der Waals surface area contributed by atoms with Crippen LogP contribution in [0.1, 0.15) is 5.56 Å². The van der Waals surface area contributed by atoms with Gasteiger partial charge in [-0.1, -0.05) is 17.7 Å². The predicted octanol–water partition coefficient (Wildman–Crippen LogP) is 3.18. The summed E-state index contributed by atoms with van der Waals surface area (Å²) in [5.74, 6) is 0.139. The van der Waals surface area contributed by atoms with Crippen LogP contribution in [0.5, 0.6) is 0 Å². The van der Waals surface area contributed by atoms with Crippen molar-refractivity contribution in [3.8, 4) is 22.5 Å². The van der Waals surface area contributed by atoms with Crippen molar-refractivity contribution in [1.29, 1.82) is 0 Å². The van der Waals surface area contributed by atoms with Crippen LogP contribution in [-0.2, 0) is 7.05 Å². The fraction of sp³-hybridized carbons (Fsp3) is 0.125. The highest BCUT2D eigenvalue weighted by Crippen LogP contribution is 2.36. The molecule has 1 aromatic carbocycles. The van der Waals surface area contributed by atoms with Crippen LogP contribution in [0.2, 0.25) is 0 Å². The molecule has 0 atom stereocenters. The monoisotopic (exact) mass is 282 g/mol. The van der Waals surface area contributed by atoms with Crippen molar-refractivity contribution < 1.29 is 4.39 Å². The van der Waals surface area contributed by atoms with Crippen molar-refractivity contribution in [2.45, 2.75) is 6.92 Å². The molecule has 3 rings (SSSR count). The molecule has 0 spiro atoms. The van der Waals surface area contributed by atoms with Crippen LogP contribution in [0.3, 0.4) is 0 Å². The maximum Gasteiger partial charge on any atom is 0.132 e. The molecular weight excluding hydrogens is 267 g/mol. The smallest absolute Gasteiger partial charge is 0.132 e. The van der Waals surface area contributed by atoms with Gasteiger partial charge < -0.3 is 5.73 Å². The van der Waals surface area contributed by atoms with E-state index in [2.05, 4.69) is 10.1 Å². The summed E-state index contributed by atoms with van der Waals surface area (Å²) in [5.41, 5.74) is 9.34. The zero-order valence-corrected chi connectivity index (χ0v) is 11.8. The van der Waals surface area contributed by atoms with Crippen molar-refractivity contribution in [1.82, 2.24) is 14.8 Å². The molecule has 2 N–H and O–H groups in total. The number of aryl methyl sites for hydroxylation is 2. The minimum absolute atomic E-state index is 0.323. The number of aromatic nitrogens is 3. The topological polar surface area (TPSA) is 56.7 Å². The number of hydrogen-bond acceptors (Lipinski definition) is 3. The molecule has 0 bridgehead atoms. The van der Waals surface area contributed by atoms with Gasteiger partial charge in [-0.3, -0.25) is 9.67 Å². The minimum Gasteiger partial charge on any atom is -0.383 e. The van der Waals surface area contributed by atoms with Crippen molar-refractivity contribution in [3.63, 3.8) is 0 Å². The van der Waals surface area contributed by atoms with Crippen molar-refractivity contribution in [3.05, 3.63) is 54.0 Å². The maximum absolute atomic E-state index is 14.2. The van der Waals surface area contributed by atoms with E-state index >= 15 is 0 Å². The van der Waals surface area contributed by atoms with E-state index in [1.54, 1.807) is 30.1 Å². The molecule has 0 radical (unpaired) electrons. The van der Waals surface area contributed by atoms with Crippen molar-refractivity contribution >= 4 is 5.82 Å². The van der Waals surface area contributed by atoms with Crippen LogP contribution in [0, 0.1) is 12.7 Å². The molecule has 0 saturated heterocycles. The molecule has 0 saturated carbocycles. The van der Waals surface area contributed by atoms with E-state index < -0.39 is 0 Å². The Hall–Kier alpha value is -2.69. The van der Waals surface area contributed by atoms with Gasteiger partial charge in [0.25, 0.3) is 0 Å². The predicted molar refractivity (Wildman–Crippen MR) is 81.0 cm³/mol.